The molecule has 1 aliphatic heterocycles. The Labute approximate surface area is 172 Å². The average Bonchev–Trinajstić information content (AvgIpc) is 2.90. The molecule has 0 unspecified atom stereocenters. The van der Waals surface area contributed by atoms with E-state index in [4.69, 9.17) is 23.8 Å². The number of amides is 2. The number of hydrogen-bond donors (Lipinski definition) is 1. The lowest BCUT2D eigenvalue weighted by Gasteiger charge is -2.14. The molecule has 0 spiro atoms. The number of nitrogens with zero attached hydrogens (tertiary/aromatic N) is 1. The zero-order valence-corrected chi connectivity index (χ0v) is 17.0. The van der Waals surface area contributed by atoms with Crippen molar-refractivity contribution in [3.8, 4) is 0 Å². The number of thiocarbonyl (C=S) groups is 1. The minimum absolute atomic E-state index is 0.159. The van der Waals surface area contributed by atoms with Crippen LogP contribution in [0, 0.1) is 6.92 Å². The highest BCUT2D eigenvalue weighted by atomic mass is 35.5. The van der Waals surface area contributed by atoms with E-state index in [1.165, 1.54) is 16.7 Å². The average molecular weight is 417 g/mol. The van der Waals surface area contributed by atoms with Gasteiger partial charge in [-0.2, -0.15) is 0 Å². The molecule has 27 heavy (non-hydrogen) atoms. The quantitative estimate of drug-likeness (QED) is 0.557. The predicted octanol–water partition coefficient (Wildman–Crippen LogP) is 4.88. The highest BCUT2D eigenvalue weighted by Crippen LogP contribution is 2.33. The minimum atomic E-state index is -0.200. The molecule has 2 amide bonds. The van der Waals surface area contributed by atoms with Crippen molar-refractivity contribution in [3.63, 3.8) is 0 Å². The monoisotopic (exact) mass is 416 g/mol. The summed E-state index contributed by atoms with van der Waals surface area (Å²) < 4.78 is 0.446. The summed E-state index contributed by atoms with van der Waals surface area (Å²) in [6.45, 7) is 2.17. The van der Waals surface area contributed by atoms with E-state index in [9.17, 15) is 9.59 Å². The maximum absolute atomic E-state index is 12.6. The molecule has 3 rings (SSSR count). The lowest BCUT2D eigenvalue weighted by molar-refractivity contribution is -0.122. The van der Waals surface area contributed by atoms with Gasteiger partial charge >= 0.3 is 0 Å². The van der Waals surface area contributed by atoms with E-state index in [-0.39, 0.29) is 24.8 Å². The van der Waals surface area contributed by atoms with Crippen molar-refractivity contribution in [1.82, 2.24) is 4.90 Å². The van der Waals surface area contributed by atoms with Crippen LogP contribution < -0.4 is 5.32 Å². The lowest BCUT2D eigenvalue weighted by Crippen LogP contribution is -2.31. The zero-order chi connectivity index (χ0) is 19.4. The van der Waals surface area contributed by atoms with Gasteiger partial charge in [-0.05, 0) is 36.3 Å². The molecule has 138 valence electrons. The molecule has 1 heterocycles. The van der Waals surface area contributed by atoms with Crippen LogP contribution in [0.3, 0.4) is 0 Å². The fourth-order valence-electron chi connectivity index (χ4n) is 2.57. The number of hydrogen-bond acceptors (Lipinski definition) is 4. The maximum atomic E-state index is 12.6. The van der Waals surface area contributed by atoms with E-state index >= 15 is 0 Å². The molecule has 0 atom stereocenters. The highest BCUT2D eigenvalue weighted by molar-refractivity contribution is 8.26. The molecule has 0 aliphatic carbocycles. The highest BCUT2D eigenvalue weighted by Gasteiger charge is 2.32. The molecule has 0 radical (unpaired) electrons. The van der Waals surface area contributed by atoms with Gasteiger partial charge in [-0.25, -0.2) is 0 Å². The summed E-state index contributed by atoms with van der Waals surface area (Å²) in [6, 6.07) is 14.8. The Hall–Kier alpha value is -2.15. The summed E-state index contributed by atoms with van der Waals surface area (Å²) in [5.41, 5.74) is 2.52. The Morgan fingerprint density at radius 2 is 1.93 bits per heavy atom. The molecule has 4 nitrogen and oxygen atoms in total. The molecule has 7 heteroatoms. The number of benzene rings is 2. The van der Waals surface area contributed by atoms with Crippen molar-refractivity contribution in [3.05, 3.63) is 69.6 Å². The Kier molecular flexibility index (Phi) is 6.31. The van der Waals surface area contributed by atoms with Gasteiger partial charge in [-0.15, -0.1) is 0 Å². The van der Waals surface area contributed by atoms with Crippen LogP contribution in [-0.4, -0.2) is 27.6 Å². The van der Waals surface area contributed by atoms with Crippen LogP contribution in [0.15, 0.2) is 53.4 Å². The van der Waals surface area contributed by atoms with Crippen LogP contribution in [-0.2, 0) is 9.59 Å². The van der Waals surface area contributed by atoms with Crippen LogP contribution in [0.25, 0.3) is 6.08 Å². The van der Waals surface area contributed by atoms with Gasteiger partial charge in [0.05, 0.1) is 4.91 Å². The second-order valence-electron chi connectivity index (χ2n) is 5.97. The summed E-state index contributed by atoms with van der Waals surface area (Å²) in [4.78, 5) is 26.8. The molecule has 0 saturated carbocycles. The number of carbonyl (C=O) groups is 2. The summed E-state index contributed by atoms with van der Waals surface area (Å²) in [6.07, 6.45) is 1.90. The largest absolute Gasteiger partial charge is 0.326 e. The third-order valence-electron chi connectivity index (χ3n) is 4.05. The fourth-order valence-corrected chi connectivity index (χ4v) is 4.06. The molecule has 1 fully saturated rings. The Morgan fingerprint density at radius 1 is 1.22 bits per heavy atom. The van der Waals surface area contributed by atoms with Gasteiger partial charge in [0, 0.05) is 23.7 Å². The number of halogens is 1. The second kappa shape index (κ2) is 8.69. The van der Waals surface area contributed by atoms with Gasteiger partial charge in [-0.3, -0.25) is 14.5 Å². The summed E-state index contributed by atoms with van der Waals surface area (Å²) in [7, 11) is 0. The number of carbonyl (C=O) groups excluding carboxylic acids is 2. The molecule has 1 saturated heterocycles. The predicted molar refractivity (Wildman–Crippen MR) is 116 cm³/mol. The van der Waals surface area contributed by atoms with Gasteiger partial charge in [-0.1, -0.05) is 72.0 Å². The van der Waals surface area contributed by atoms with Crippen molar-refractivity contribution < 1.29 is 9.59 Å². The van der Waals surface area contributed by atoms with Crippen LogP contribution in [0.5, 0.6) is 0 Å². The number of aryl methyl sites for hydroxylation is 1. The Morgan fingerprint density at radius 3 is 2.67 bits per heavy atom. The Balaban J connectivity index is 1.63. The normalized spacial score (nSPS) is 15.5. The molecule has 2 aromatic carbocycles. The topological polar surface area (TPSA) is 49.4 Å². The first-order valence-corrected chi connectivity index (χ1v) is 9.91. The van der Waals surface area contributed by atoms with Crippen molar-refractivity contribution >= 4 is 63.5 Å². The molecular weight excluding hydrogens is 400 g/mol. The third-order valence-corrected chi connectivity index (χ3v) is 5.77. The van der Waals surface area contributed by atoms with Crippen molar-refractivity contribution in [1.29, 1.82) is 0 Å². The first-order valence-electron chi connectivity index (χ1n) is 8.31. The van der Waals surface area contributed by atoms with Crippen molar-refractivity contribution in [2.45, 2.75) is 13.3 Å². The standard InChI is InChI=1S/C20H17ClN2O2S2/c1-13-6-2-5-9-16(13)22-18(24)10-11-23-19(25)17(27-20(23)26)12-14-7-3-4-8-15(14)21/h2-9,12H,10-11H2,1H3,(H,22,24)/b17-12+. The summed E-state index contributed by atoms with van der Waals surface area (Å²) >= 11 is 12.7. The molecule has 0 bridgehead atoms. The fraction of sp³-hybridized carbons (Fsp3) is 0.150. The van der Waals surface area contributed by atoms with E-state index in [1.807, 2.05) is 49.4 Å². The first-order chi connectivity index (χ1) is 13.0. The summed E-state index contributed by atoms with van der Waals surface area (Å²) in [5, 5.41) is 3.43. The number of rotatable bonds is 5. The maximum Gasteiger partial charge on any atom is 0.266 e. The van der Waals surface area contributed by atoms with E-state index < -0.39 is 0 Å². The number of anilines is 1. The first kappa shape index (κ1) is 19.6. The number of thioether (sulfide) groups is 1. The summed E-state index contributed by atoms with van der Waals surface area (Å²) in [5.74, 6) is -0.359. The molecule has 1 N–H and O–H groups in total. The van der Waals surface area contributed by atoms with Crippen LogP contribution in [0.4, 0.5) is 5.69 Å². The minimum Gasteiger partial charge on any atom is -0.326 e. The van der Waals surface area contributed by atoms with Crippen LogP contribution >= 0.6 is 35.6 Å². The number of nitrogens with one attached hydrogen (secondary N) is 1. The SMILES string of the molecule is Cc1ccccc1NC(=O)CCN1C(=O)/C(=C\c2ccccc2Cl)SC1=S. The van der Waals surface area contributed by atoms with Gasteiger partial charge < -0.3 is 5.32 Å². The van der Waals surface area contributed by atoms with Gasteiger partial charge in [0.1, 0.15) is 4.32 Å². The zero-order valence-electron chi connectivity index (χ0n) is 14.6. The van der Waals surface area contributed by atoms with Gasteiger partial charge in [0.15, 0.2) is 0 Å². The lowest BCUT2D eigenvalue weighted by atomic mass is 10.2. The van der Waals surface area contributed by atoms with Gasteiger partial charge in [0.2, 0.25) is 5.91 Å². The van der Waals surface area contributed by atoms with Crippen LogP contribution in [0.2, 0.25) is 5.02 Å². The smallest absolute Gasteiger partial charge is 0.266 e. The van der Waals surface area contributed by atoms with E-state index in [0.717, 1.165) is 16.8 Å². The van der Waals surface area contributed by atoms with E-state index in [1.54, 1.807) is 12.1 Å². The molecular formula is C20H17ClN2O2S2. The van der Waals surface area contributed by atoms with Crippen LogP contribution in [0.1, 0.15) is 17.5 Å². The molecule has 2 aromatic rings. The molecule has 0 aromatic heterocycles. The van der Waals surface area contributed by atoms with Crippen molar-refractivity contribution in [2.75, 3.05) is 11.9 Å². The second-order valence-corrected chi connectivity index (χ2v) is 8.05. The number of para-hydroxylation sites is 1. The van der Waals surface area contributed by atoms with Gasteiger partial charge in [0.25, 0.3) is 5.91 Å². The van der Waals surface area contributed by atoms with Crippen molar-refractivity contribution in [2.24, 2.45) is 0 Å². The Bertz CT molecular complexity index is 943. The van der Waals surface area contributed by atoms with E-state index in [2.05, 4.69) is 5.32 Å². The molecule has 1 aliphatic rings. The third kappa shape index (κ3) is 4.77. The van der Waals surface area contributed by atoms with E-state index in [0.29, 0.717) is 14.2 Å².